The van der Waals surface area contributed by atoms with Crippen LogP contribution in [0.1, 0.15) is 46.0 Å². The van der Waals surface area contributed by atoms with Crippen molar-refractivity contribution in [2.45, 2.75) is 46.0 Å². The molecule has 1 aliphatic carbocycles. The SMILES string of the molecule is CC(C)C1CCCCC1.NC(=O)O. The number of hydrogen-bond acceptors (Lipinski definition) is 1. The molecule has 0 atom stereocenters. The van der Waals surface area contributed by atoms with Crippen molar-refractivity contribution in [3.8, 4) is 0 Å². The highest BCUT2D eigenvalue weighted by atomic mass is 16.4. The third kappa shape index (κ3) is 7.62. The Hall–Kier alpha value is -0.730. The lowest BCUT2D eigenvalue weighted by atomic mass is 9.82. The number of hydrogen-bond donors (Lipinski definition) is 2. The molecule has 1 aliphatic rings. The van der Waals surface area contributed by atoms with Gasteiger partial charge in [0.05, 0.1) is 0 Å². The van der Waals surface area contributed by atoms with Crippen LogP contribution in [0.25, 0.3) is 0 Å². The molecule has 3 N–H and O–H groups in total. The van der Waals surface area contributed by atoms with Gasteiger partial charge in [-0.3, -0.25) is 0 Å². The van der Waals surface area contributed by atoms with E-state index in [0.29, 0.717) is 0 Å². The molecule has 0 aromatic rings. The molecule has 0 saturated heterocycles. The summed E-state index contributed by atoms with van der Waals surface area (Å²) in [7, 11) is 0. The molecule has 0 aromatic carbocycles. The summed E-state index contributed by atoms with van der Waals surface area (Å²) in [5.74, 6) is 1.99. The Morgan fingerprint density at radius 3 is 1.92 bits per heavy atom. The van der Waals surface area contributed by atoms with E-state index in [1.807, 2.05) is 0 Å². The van der Waals surface area contributed by atoms with Crippen LogP contribution in [0.4, 0.5) is 4.79 Å². The van der Waals surface area contributed by atoms with Gasteiger partial charge in [-0.15, -0.1) is 0 Å². The average Bonchev–Trinajstić information content (AvgIpc) is 2.05. The van der Waals surface area contributed by atoms with Crippen molar-refractivity contribution in [1.82, 2.24) is 0 Å². The van der Waals surface area contributed by atoms with Gasteiger partial charge < -0.3 is 10.8 Å². The first-order chi connectivity index (χ1) is 6.04. The zero-order chi connectivity index (χ0) is 10.3. The van der Waals surface area contributed by atoms with Crippen LogP contribution in [-0.2, 0) is 0 Å². The molecular formula is C10H21NO2. The zero-order valence-corrected chi connectivity index (χ0v) is 8.62. The predicted molar refractivity (Wildman–Crippen MR) is 53.6 cm³/mol. The molecule has 1 saturated carbocycles. The van der Waals surface area contributed by atoms with Gasteiger partial charge in [0.25, 0.3) is 0 Å². The second kappa shape index (κ2) is 6.75. The van der Waals surface area contributed by atoms with Gasteiger partial charge >= 0.3 is 6.09 Å². The van der Waals surface area contributed by atoms with Crippen LogP contribution in [0.3, 0.4) is 0 Å². The molecule has 0 unspecified atom stereocenters. The molecular weight excluding hydrogens is 166 g/mol. The van der Waals surface area contributed by atoms with Crippen LogP contribution in [-0.4, -0.2) is 11.2 Å². The zero-order valence-electron chi connectivity index (χ0n) is 8.62. The number of rotatable bonds is 1. The molecule has 0 bridgehead atoms. The van der Waals surface area contributed by atoms with Crippen LogP contribution in [0.5, 0.6) is 0 Å². The molecule has 0 heterocycles. The summed E-state index contributed by atoms with van der Waals surface area (Å²) < 4.78 is 0. The molecule has 3 nitrogen and oxygen atoms in total. The quantitative estimate of drug-likeness (QED) is 0.663. The molecule has 0 spiro atoms. The predicted octanol–water partition coefficient (Wildman–Crippen LogP) is 2.85. The van der Waals surface area contributed by atoms with E-state index >= 15 is 0 Å². The standard InChI is InChI=1S/C9H18.CH3NO2/c1-8(2)9-6-4-3-5-7-9;2-1(3)4/h8-9H,3-7H2,1-2H3;2H2,(H,3,4). The monoisotopic (exact) mass is 187 g/mol. The molecule has 78 valence electrons. The van der Waals surface area contributed by atoms with E-state index in [9.17, 15) is 0 Å². The Morgan fingerprint density at radius 2 is 1.69 bits per heavy atom. The van der Waals surface area contributed by atoms with E-state index < -0.39 is 6.09 Å². The van der Waals surface area contributed by atoms with Crippen LogP contribution >= 0.6 is 0 Å². The van der Waals surface area contributed by atoms with E-state index in [2.05, 4.69) is 19.6 Å². The maximum Gasteiger partial charge on any atom is 0.402 e. The van der Waals surface area contributed by atoms with Gasteiger partial charge in [0, 0.05) is 0 Å². The summed E-state index contributed by atoms with van der Waals surface area (Å²) in [6.45, 7) is 4.71. The van der Waals surface area contributed by atoms with Gasteiger partial charge in [-0.1, -0.05) is 46.0 Å². The highest BCUT2D eigenvalue weighted by molar-refractivity contribution is 5.61. The van der Waals surface area contributed by atoms with Crippen LogP contribution in [0.2, 0.25) is 0 Å². The van der Waals surface area contributed by atoms with E-state index in [1.165, 1.54) is 32.1 Å². The largest absolute Gasteiger partial charge is 0.465 e. The Balaban J connectivity index is 0.000000310. The summed E-state index contributed by atoms with van der Waals surface area (Å²) >= 11 is 0. The van der Waals surface area contributed by atoms with Crippen molar-refractivity contribution in [2.24, 2.45) is 17.6 Å². The number of amides is 1. The number of primary amides is 1. The molecule has 13 heavy (non-hydrogen) atoms. The fraction of sp³-hybridized carbons (Fsp3) is 0.900. The van der Waals surface area contributed by atoms with Gasteiger partial charge in [-0.2, -0.15) is 0 Å². The first-order valence-electron chi connectivity index (χ1n) is 5.02. The van der Waals surface area contributed by atoms with Crippen molar-refractivity contribution in [3.63, 3.8) is 0 Å². The number of nitrogens with two attached hydrogens (primary N) is 1. The topological polar surface area (TPSA) is 63.3 Å². The van der Waals surface area contributed by atoms with Gasteiger partial charge in [0.1, 0.15) is 0 Å². The number of carboxylic acid groups (broad SMARTS) is 1. The smallest absolute Gasteiger partial charge is 0.402 e. The van der Waals surface area contributed by atoms with Crippen LogP contribution in [0.15, 0.2) is 0 Å². The summed E-state index contributed by atoms with van der Waals surface area (Å²) in [5.41, 5.74) is 4.03. The van der Waals surface area contributed by atoms with Gasteiger partial charge in [0.2, 0.25) is 0 Å². The highest BCUT2D eigenvalue weighted by Crippen LogP contribution is 2.29. The first kappa shape index (κ1) is 12.3. The normalized spacial score (nSPS) is 17.8. The minimum Gasteiger partial charge on any atom is -0.465 e. The lowest BCUT2D eigenvalue weighted by Gasteiger charge is -2.24. The third-order valence-corrected chi connectivity index (χ3v) is 2.59. The molecule has 0 aliphatic heterocycles. The highest BCUT2D eigenvalue weighted by Gasteiger charge is 2.15. The van der Waals surface area contributed by atoms with E-state index in [0.717, 1.165) is 11.8 Å². The Labute approximate surface area is 80.3 Å². The fourth-order valence-corrected chi connectivity index (χ4v) is 1.80. The maximum absolute atomic E-state index is 8.78. The van der Waals surface area contributed by atoms with Gasteiger partial charge in [-0.05, 0) is 11.8 Å². The summed E-state index contributed by atoms with van der Waals surface area (Å²) in [6.07, 6.45) is 6.13. The number of carbonyl (C=O) groups is 1. The fourth-order valence-electron chi connectivity index (χ4n) is 1.80. The molecule has 0 aromatic heterocycles. The summed E-state index contributed by atoms with van der Waals surface area (Å²) in [6, 6.07) is 0. The Bertz CT molecular complexity index is 136. The minimum absolute atomic E-state index is 0.935. The van der Waals surface area contributed by atoms with Crippen molar-refractivity contribution >= 4 is 6.09 Å². The van der Waals surface area contributed by atoms with E-state index in [-0.39, 0.29) is 0 Å². The third-order valence-electron chi connectivity index (χ3n) is 2.59. The van der Waals surface area contributed by atoms with Crippen LogP contribution in [0, 0.1) is 11.8 Å². The van der Waals surface area contributed by atoms with Crippen molar-refractivity contribution in [3.05, 3.63) is 0 Å². The van der Waals surface area contributed by atoms with Gasteiger partial charge in [-0.25, -0.2) is 4.79 Å². The molecule has 0 radical (unpaired) electrons. The van der Waals surface area contributed by atoms with E-state index in [4.69, 9.17) is 9.90 Å². The second-order valence-electron chi connectivity index (χ2n) is 3.98. The molecule has 3 heteroatoms. The summed E-state index contributed by atoms with van der Waals surface area (Å²) in [5, 5.41) is 7.19. The lowest BCUT2D eigenvalue weighted by Crippen LogP contribution is -2.12. The van der Waals surface area contributed by atoms with Crippen LogP contribution < -0.4 is 5.73 Å². The minimum atomic E-state index is -1.33. The van der Waals surface area contributed by atoms with Crippen molar-refractivity contribution in [1.29, 1.82) is 0 Å². The second-order valence-corrected chi connectivity index (χ2v) is 3.98. The molecule has 1 fully saturated rings. The molecule has 1 amide bonds. The average molecular weight is 187 g/mol. The Kier molecular flexibility index (Phi) is 6.37. The summed E-state index contributed by atoms with van der Waals surface area (Å²) in [4.78, 5) is 8.78. The van der Waals surface area contributed by atoms with Crippen molar-refractivity contribution < 1.29 is 9.90 Å². The van der Waals surface area contributed by atoms with Gasteiger partial charge in [0.15, 0.2) is 0 Å². The Morgan fingerprint density at radius 1 is 1.31 bits per heavy atom. The molecule has 1 rings (SSSR count). The lowest BCUT2D eigenvalue weighted by molar-refractivity contribution is 0.205. The van der Waals surface area contributed by atoms with E-state index in [1.54, 1.807) is 0 Å². The maximum atomic E-state index is 8.78. The first-order valence-corrected chi connectivity index (χ1v) is 5.02. The van der Waals surface area contributed by atoms with Crippen molar-refractivity contribution in [2.75, 3.05) is 0 Å².